The standard InChI is InChI=1S/C28H29FN4O4/c1-5-9-31(3)10-11-32-26(35)28(2)16-20-19-14-24(37-4)21(29)15-22(19)30-25(20)23(33(28)27(32)36)13-17-7-6-8-18(34)12-17/h1,6-8,12,14-15,23,30,34H,9-11,13,16H2,2-4H3/t23?,28-/m0/s1. The van der Waals surface area contributed by atoms with Gasteiger partial charge in [-0.25, -0.2) is 9.18 Å². The molecule has 192 valence electrons. The molecule has 1 saturated heterocycles. The lowest BCUT2D eigenvalue weighted by Gasteiger charge is -2.42. The molecule has 9 heteroatoms. The van der Waals surface area contributed by atoms with Crippen molar-refractivity contribution < 1.29 is 23.8 Å². The number of phenols is 1. The number of methoxy groups -OCH3 is 1. The average molecular weight is 505 g/mol. The number of hydrogen-bond acceptors (Lipinski definition) is 5. The lowest BCUT2D eigenvalue weighted by atomic mass is 9.81. The third-order valence-corrected chi connectivity index (χ3v) is 7.46. The summed E-state index contributed by atoms with van der Waals surface area (Å²) in [6, 6.07) is 8.93. The smallest absolute Gasteiger partial charge is 0.328 e. The van der Waals surface area contributed by atoms with Gasteiger partial charge in [-0.2, -0.15) is 0 Å². The largest absolute Gasteiger partial charge is 0.508 e. The van der Waals surface area contributed by atoms with Crippen LogP contribution in [0.1, 0.15) is 29.8 Å². The number of aromatic hydroxyl groups is 1. The van der Waals surface area contributed by atoms with E-state index < -0.39 is 17.4 Å². The Labute approximate surface area is 214 Å². The molecule has 0 saturated carbocycles. The number of urea groups is 1. The topological polar surface area (TPSA) is 89.1 Å². The summed E-state index contributed by atoms with van der Waals surface area (Å²) in [4.78, 5) is 35.8. The van der Waals surface area contributed by atoms with E-state index in [9.17, 15) is 19.1 Å². The molecule has 2 aliphatic heterocycles. The highest BCUT2D eigenvalue weighted by molar-refractivity contribution is 6.08. The van der Waals surface area contributed by atoms with Gasteiger partial charge in [0.2, 0.25) is 0 Å². The van der Waals surface area contributed by atoms with Crippen molar-refractivity contribution in [1.29, 1.82) is 0 Å². The Kier molecular flexibility index (Phi) is 6.08. The number of nitrogens with one attached hydrogen (secondary N) is 1. The summed E-state index contributed by atoms with van der Waals surface area (Å²) in [5, 5.41) is 10.8. The van der Waals surface area contributed by atoms with E-state index in [4.69, 9.17) is 11.2 Å². The lowest BCUT2D eigenvalue weighted by molar-refractivity contribution is -0.133. The quantitative estimate of drug-likeness (QED) is 0.380. The highest BCUT2D eigenvalue weighted by Crippen LogP contribution is 2.48. The molecular weight excluding hydrogens is 475 g/mol. The van der Waals surface area contributed by atoms with Gasteiger partial charge in [-0.05, 0) is 49.7 Å². The summed E-state index contributed by atoms with van der Waals surface area (Å²) in [6.45, 7) is 2.87. The van der Waals surface area contributed by atoms with Crippen LogP contribution < -0.4 is 4.74 Å². The highest BCUT2D eigenvalue weighted by atomic mass is 19.1. The maximum atomic E-state index is 14.5. The van der Waals surface area contributed by atoms with E-state index in [-0.39, 0.29) is 36.4 Å². The molecule has 3 heterocycles. The van der Waals surface area contributed by atoms with Gasteiger partial charge >= 0.3 is 6.03 Å². The van der Waals surface area contributed by atoms with Gasteiger partial charge in [0.25, 0.3) is 5.91 Å². The number of amides is 3. The van der Waals surface area contributed by atoms with Crippen LogP contribution >= 0.6 is 0 Å². The van der Waals surface area contributed by atoms with E-state index in [1.165, 1.54) is 18.1 Å². The number of nitrogens with zero attached hydrogens (tertiary/aromatic N) is 3. The fourth-order valence-corrected chi connectivity index (χ4v) is 5.64. The highest BCUT2D eigenvalue weighted by Gasteiger charge is 2.59. The number of fused-ring (bicyclic) bond motifs is 4. The zero-order valence-electron chi connectivity index (χ0n) is 21.0. The van der Waals surface area contributed by atoms with Gasteiger partial charge in [-0.15, -0.1) is 6.42 Å². The van der Waals surface area contributed by atoms with Crippen LogP contribution in [-0.2, 0) is 17.6 Å². The third kappa shape index (κ3) is 3.98. The van der Waals surface area contributed by atoms with Crippen LogP contribution in [0.3, 0.4) is 0 Å². The van der Waals surface area contributed by atoms with E-state index >= 15 is 0 Å². The van der Waals surface area contributed by atoms with Crippen molar-refractivity contribution in [3.05, 3.63) is 59.0 Å². The van der Waals surface area contributed by atoms with Crippen molar-refractivity contribution in [1.82, 2.24) is 19.7 Å². The number of terminal acetylenes is 1. The SMILES string of the molecule is C#CCN(C)CCN1C(=O)N2C(Cc3cccc(O)c3)c3[nH]c4cc(F)c(OC)cc4c3C[C@@]2(C)C1=O. The predicted octanol–water partition coefficient (Wildman–Crippen LogP) is 3.45. The molecule has 2 N–H and O–H groups in total. The minimum atomic E-state index is -1.13. The molecule has 3 amide bonds. The zero-order chi connectivity index (χ0) is 26.5. The van der Waals surface area contributed by atoms with Crippen LogP contribution in [0.5, 0.6) is 11.5 Å². The number of rotatable bonds is 7. The molecule has 1 unspecified atom stereocenters. The summed E-state index contributed by atoms with van der Waals surface area (Å²) in [5.74, 6) is 2.01. The fraction of sp³-hybridized carbons (Fsp3) is 0.357. The van der Waals surface area contributed by atoms with E-state index in [1.807, 2.05) is 18.0 Å². The summed E-state index contributed by atoms with van der Waals surface area (Å²) >= 11 is 0. The number of imide groups is 1. The maximum absolute atomic E-state index is 14.5. The molecule has 0 aliphatic carbocycles. The van der Waals surface area contributed by atoms with Crippen LogP contribution in [0, 0.1) is 18.2 Å². The van der Waals surface area contributed by atoms with Crippen molar-refractivity contribution in [3.63, 3.8) is 0 Å². The van der Waals surface area contributed by atoms with Crippen molar-refractivity contribution in [2.45, 2.75) is 31.3 Å². The number of carbonyl (C=O) groups excluding carboxylic acids is 2. The van der Waals surface area contributed by atoms with Crippen LogP contribution in [0.4, 0.5) is 9.18 Å². The van der Waals surface area contributed by atoms with E-state index in [0.717, 1.165) is 22.2 Å². The molecule has 2 atom stereocenters. The molecule has 5 rings (SSSR count). The van der Waals surface area contributed by atoms with Crippen LogP contribution in [0.2, 0.25) is 0 Å². The second-order valence-electron chi connectivity index (χ2n) is 9.94. The second-order valence-corrected chi connectivity index (χ2v) is 9.94. The zero-order valence-corrected chi connectivity index (χ0v) is 21.0. The number of ether oxygens (including phenoxy) is 1. The van der Waals surface area contributed by atoms with Crippen molar-refractivity contribution in [2.24, 2.45) is 0 Å². The Morgan fingerprint density at radius 1 is 1.32 bits per heavy atom. The first-order chi connectivity index (χ1) is 17.7. The number of H-pyrrole nitrogens is 1. The van der Waals surface area contributed by atoms with Crippen molar-refractivity contribution >= 4 is 22.8 Å². The number of aromatic amines is 1. The predicted molar refractivity (Wildman–Crippen MR) is 137 cm³/mol. The molecule has 37 heavy (non-hydrogen) atoms. The van der Waals surface area contributed by atoms with Gasteiger partial charge in [-0.3, -0.25) is 14.6 Å². The molecule has 2 aromatic carbocycles. The number of aromatic nitrogens is 1. The maximum Gasteiger partial charge on any atom is 0.328 e. The van der Waals surface area contributed by atoms with Crippen molar-refractivity contribution in [2.75, 3.05) is 33.8 Å². The number of hydrogen-bond donors (Lipinski definition) is 2. The Hall–Kier alpha value is -4.03. The molecule has 0 radical (unpaired) electrons. The van der Waals surface area contributed by atoms with Gasteiger partial charge in [0.1, 0.15) is 11.3 Å². The Morgan fingerprint density at radius 3 is 2.81 bits per heavy atom. The summed E-state index contributed by atoms with van der Waals surface area (Å²) in [5.41, 5.74) is 1.84. The Bertz CT molecular complexity index is 1440. The average Bonchev–Trinajstić information content (AvgIpc) is 3.28. The first-order valence-electron chi connectivity index (χ1n) is 12.1. The third-order valence-electron chi connectivity index (χ3n) is 7.46. The normalized spacial score (nSPS) is 20.9. The lowest BCUT2D eigenvalue weighted by Crippen LogP contribution is -2.53. The first-order valence-corrected chi connectivity index (χ1v) is 12.1. The minimum Gasteiger partial charge on any atom is -0.508 e. The fourth-order valence-electron chi connectivity index (χ4n) is 5.64. The van der Waals surface area contributed by atoms with Crippen LogP contribution in [-0.4, -0.2) is 76.1 Å². The molecule has 3 aromatic rings. The van der Waals surface area contributed by atoms with Crippen LogP contribution in [0.25, 0.3) is 10.9 Å². The van der Waals surface area contributed by atoms with Gasteiger partial charge in [0.05, 0.1) is 19.7 Å². The van der Waals surface area contributed by atoms with Crippen molar-refractivity contribution in [3.8, 4) is 23.8 Å². The second kappa shape index (κ2) is 9.12. The summed E-state index contributed by atoms with van der Waals surface area (Å²) < 4.78 is 19.8. The first kappa shape index (κ1) is 24.7. The van der Waals surface area contributed by atoms with E-state index in [1.54, 1.807) is 36.1 Å². The summed E-state index contributed by atoms with van der Waals surface area (Å²) in [6.07, 6.45) is 6.02. The minimum absolute atomic E-state index is 0.110. The Balaban J connectivity index is 1.62. The molecule has 0 spiro atoms. The molecule has 0 bridgehead atoms. The number of benzene rings is 2. The van der Waals surface area contributed by atoms with Crippen LogP contribution in [0.15, 0.2) is 36.4 Å². The number of likely N-dealkylation sites (N-methyl/N-ethyl adjacent to an activating group) is 1. The summed E-state index contributed by atoms with van der Waals surface area (Å²) in [7, 11) is 3.25. The van der Waals surface area contributed by atoms with Gasteiger partial charge in [0, 0.05) is 42.2 Å². The van der Waals surface area contributed by atoms with Gasteiger partial charge < -0.3 is 19.7 Å². The molecular formula is C28H29FN4O4. The van der Waals surface area contributed by atoms with Gasteiger partial charge in [0.15, 0.2) is 11.6 Å². The molecule has 8 nitrogen and oxygen atoms in total. The Morgan fingerprint density at radius 2 is 2.11 bits per heavy atom. The monoisotopic (exact) mass is 504 g/mol. The molecule has 1 aromatic heterocycles. The molecule has 2 aliphatic rings. The van der Waals surface area contributed by atoms with E-state index in [2.05, 4.69) is 10.9 Å². The molecule has 1 fully saturated rings. The van der Waals surface area contributed by atoms with E-state index in [0.29, 0.717) is 25.0 Å². The number of halogens is 1. The number of phenolic OH excluding ortho intramolecular Hbond substituents is 1. The number of carbonyl (C=O) groups is 2. The van der Waals surface area contributed by atoms with Gasteiger partial charge in [-0.1, -0.05) is 18.1 Å².